The first-order chi connectivity index (χ1) is 10.0. The van der Waals surface area contributed by atoms with Gasteiger partial charge >= 0.3 is 0 Å². The minimum atomic E-state index is -0.0684. The Kier molecular flexibility index (Phi) is 6.48. The van der Waals surface area contributed by atoms with Gasteiger partial charge in [-0.2, -0.15) is 0 Å². The topological polar surface area (TPSA) is 44.7 Å². The Hall–Kier alpha value is -0.160. The Bertz CT molecular complexity index is 305. The normalized spacial score (nSPS) is 32.0. The fraction of sp³-hybridized carbons (Fsp3) is 1.00. The number of hydrogen-bond acceptors (Lipinski definition) is 4. The van der Waals surface area contributed by atoms with Gasteiger partial charge in [0, 0.05) is 37.4 Å². The summed E-state index contributed by atoms with van der Waals surface area (Å²) in [6.07, 6.45) is 7.05. The van der Waals surface area contributed by atoms with Crippen molar-refractivity contribution in [3.05, 3.63) is 0 Å². The quantitative estimate of drug-likeness (QED) is 0.787. The van der Waals surface area contributed by atoms with Crippen molar-refractivity contribution in [1.29, 1.82) is 0 Å². The fourth-order valence-electron chi connectivity index (χ4n) is 4.13. The Morgan fingerprint density at radius 1 is 1.29 bits per heavy atom. The highest BCUT2D eigenvalue weighted by molar-refractivity contribution is 4.97. The van der Waals surface area contributed by atoms with E-state index >= 15 is 0 Å². The number of aliphatic hydroxyl groups is 1. The van der Waals surface area contributed by atoms with Crippen LogP contribution in [0, 0.1) is 5.92 Å². The van der Waals surface area contributed by atoms with Crippen LogP contribution in [0.1, 0.15) is 52.4 Å². The molecule has 21 heavy (non-hydrogen) atoms. The molecule has 124 valence electrons. The van der Waals surface area contributed by atoms with Crippen LogP contribution < -0.4 is 5.32 Å². The Labute approximate surface area is 130 Å². The zero-order chi connectivity index (χ0) is 15.3. The molecule has 0 spiro atoms. The van der Waals surface area contributed by atoms with Crippen LogP contribution in [0.5, 0.6) is 0 Å². The Morgan fingerprint density at radius 3 is 2.62 bits per heavy atom. The molecular weight excluding hydrogens is 264 g/mol. The maximum Gasteiger partial charge on any atom is 0.0613 e. The van der Waals surface area contributed by atoms with E-state index in [2.05, 4.69) is 31.1 Å². The lowest BCUT2D eigenvalue weighted by Gasteiger charge is -2.45. The van der Waals surface area contributed by atoms with Crippen molar-refractivity contribution in [3.8, 4) is 0 Å². The average molecular weight is 298 g/mol. The summed E-state index contributed by atoms with van der Waals surface area (Å²) in [6.45, 7) is 7.64. The third kappa shape index (κ3) is 4.92. The molecule has 2 N–H and O–H groups in total. The van der Waals surface area contributed by atoms with E-state index in [1.54, 1.807) is 0 Å². The number of nitrogens with one attached hydrogen (secondary N) is 1. The van der Waals surface area contributed by atoms with Gasteiger partial charge in [0.15, 0.2) is 0 Å². The third-order valence-electron chi connectivity index (χ3n) is 5.23. The second kappa shape index (κ2) is 7.91. The SMILES string of the molecule is CC(C)NC1(CO)CCCC(N(C)CC2CCOCC2)C1. The van der Waals surface area contributed by atoms with Gasteiger partial charge in [-0.25, -0.2) is 0 Å². The van der Waals surface area contributed by atoms with Gasteiger partial charge in [0.1, 0.15) is 0 Å². The molecule has 0 aromatic carbocycles. The van der Waals surface area contributed by atoms with Crippen LogP contribution in [0.2, 0.25) is 0 Å². The molecule has 0 aromatic rings. The summed E-state index contributed by atoms with van der Waals surface area (Å²) in [5.41, 5.74) is -0.0684. The van der Waals surface area contributed by atoms with Crippen LogP contribution in [-0.4, -0.2) is 61.0 Å². The zero-order valence-electron chi connectivity index (χ0n) is 14.1. The van der Waals surface area contributed by atoms with Crippen LogP contribution in [-0.2, 0) is 4.74 Å². The molecular formula is C17H34N2O2. The molecule has 2 rings (SSSR count). The minimum absolute atomic E-state index is 0.0684. The van der Waals surface area contributed by atoms with E-state index in [-0.39, 0.29) is 12.1 Å². The molecule has 1 saturated carbocycles. The number of hydrogen-bond donors (Lipinski definition) is 2. The first kappa shape index (κ1) is 17.2. The minimum Gasteiger partial charge on any atom is -0.394 e. The van der Waals surface area contributed by atoms with Gasteiger partial charge in [-0.15, -0.1) is 0 Å². The predicted molar refractivity (Wildman–Crippen MR) is 86.5 cm³/mol. The molecule has 2 atom stereocenters. The standard InChI is InChI=1S/C17H34N2O2/c1-14(2)18-17(13-20)8-4-5-16(11-17)19(3)12-15-6-9-21-10-7-15/h14-16,18,20H,4-13H2,1-3H3. The number of rotatable bonds is 6. The summed E-state index contributed by atoms with van der Waals surface area (Å²) < 4.78 is 5.46. The van der Waals surface area contributed by atoms with Crippen molar-refractivity contribution in [3.63, 3.8) is 0 Å². The van der Waals surface area contributed by atoms with E-state index in [0.717, 1.165) is 32.0 Å². The lowest BCUT2D eigenvalue weighted by Crippen LogP contribution is -2.57. The first-order valence-electron chi connectivity index (χ1n) is 8.71. The molecule has 4 heteroatoms. The van der Waals surface area contributed by atoms with Crippen LogP contribution in [0.3, 0.4) is 0 Å². The second-order valence-electron chi connectivity index (χ2n) is 7.48. The monoisotopic (exact) mass is 298 g/mol. The van der Waals surface area contributed by atoms with Crippen LogP contribution in [0.25, 0.3) is 0 Å². The first-order valence-corrected chi connectivity index (χ1v) is 8.71. The van der Waals surface area contributed by atoms with Crippen molar-refractivity contribution >= 4 is 0 Å². The Morgan fingerprint density at radius 2 is 2.00 bits per heavy atom. The summed E-state index contributed by atoms with van der Waals surface area (Å²) in [4.78, 5) is 2.54. The second-order valence-corrected chi connectivity index (χ2v) is 7.48. The highest BCUT2D eigenvalue weighted by atomic mass is 16.5. The molecule has 1 aliphatic heterocycles. The van der Waals surface area contributed by atoms with Gasteiger partial charge in [-0.1, -0.05) is 13.8 Å². The van der Waals surface area contributed by atoms with E-state index in [1.165, 1.54) is 32.2 Å². The number of nitrogens with zero attached hydrogens (tertiary/aromatic N) is 1. The third-order valence-corrected chi connectivity index (χ3v) is 5.23. The van der Waals surface area contributed by atoms with Crippen LogP contribution in [0.4, 0.5) is 0 Å². The summed E-state index contributed by atoms with van der Waals surface area (Å²) in [6, 6.07) is 1.02. The van der Waals surface area contributed by atoms with Crippen molar-refractivity contribution < 1.29 is 9.84 Å². The smallest absolute Gasteiger partial charge is 0.0613 e. The van der Waals surface area contributed by atoms with E-state index in [0.29, 0.717) is 12.1 Å². The fourth-order valence-corrected chi connectivity index (χ4v) is 4.13. The van der Waals surface area contributed by atoms with E-state index in [9.17, 15) is 5.11 Å². The van der Waals surface area contributed by atoms with Crippen molar-refractivity contribution in [2.45, 2.75) is 70.0 Å². The lowest BCUT2D eigenvalue weighted by molar-refractivity contribution is 0.0307. The molecule has 4 nitrogen and oxygen atoms in total. The molecule has 0 aromatic heterocycles. The van der Waals surface area contributed by atoms with Gasteiger partial charge in [0.25, 0.3) is 0 Å². The molecule has 0 amide bonds. The molecule has 2 unspecified atom stereocenters. The van der Waals surface area contributed by atoms with E-state index in [4.69, 9.17) is 4.74 Å². The van der Waals surface area contributed by atoms with E-state index in [1.807, 2.05) is 0 Å². The maximum absolute atomic E-state index is 9.91. The van der Waals surface area contributed by atoms with Gasteiger partial charge in [-0.3, -0.25) is 0 Å². The summed E-state index contributed by atoms with van der Waals surface area (Å²) in [5.74, 6) is 0.785. The van der Waals surface area contributed by atoms with Crippen LogP contribution >= 0.6 is 0 Å². The highest BCUT2D eigenvalue weighted by Gasteiger charge is 2.37. The van der Waals surface area contributed by atoms with Crippen LogP contribution in [0.15, 0.2) is 0 Å². The molecule has 1 aliphatic carbocycles. The molecule has 2 aliphatic rings. The van der Waals surface area contributed by atoms with Gasteiger partial charge < -0.3 is 20.1 Å². The molecule has 1 saturated heterocycles. The number of ether oxygens (including phenoxy) is 1. The van der Waals surface area contributed by atoms with Crippen molar-refractivity contribution in [1.82, 2.24) is 10.2 Å². The summed E-state index contributed by atoms with van der Waals surface area (Å²) in [5, 5.41) is 13.6. The maximum atomic E-state index is 9.91. The van der Waals surface area contributed by atoms with Crippen molar-refractivity contribution in [2.75, 3.05) is 33.4 Å². The van der Waals surface area contributed by atoms with Gasteiger partial charge in [0.2, 0.25) is 0 Å². The molecule has 0 bridgehead atoms. The summed E-state index contributed by atoms with van der Waals surface area (Å²) in [7, 11) is 2.27. The van der Waals surface area contributed by atoms with Gasteiger partial charge in [0.05, 0.1) is 6.61 Å². The number of aliphatic hydroxyl groups excluding tert-OH is 1. The lowest BCUT2D eigenvalue weighted by atomic mass is 9.78. The molecule has 1 heterocycles. The van der Waals surface area contributed by atoms with Gasteiger partial charge in [-0.05, 0) is 51.5 Å². The molecule has 2 fully saturated rings. The highest BCUT2D eigenvalue weighted by Crippen LogP contribution is 2.32. The van der Waals surface area contributed by atoms with E-state index < -0.39 is 0 Å². The molecule has 0 radical (unpaired) electrons. The summed E-state index contributed by atoms with van der Waals surface area (Å²) >= 11 is 0. The van der Waals surface area contributed by atoms with Crippen molar-refractivity contribution in [2.24, 2.45) is 5.92 Å². The average Bonchev–Trinajstić information content (AvgIpc) is 2.48. The zero-order valence-corrected chi connectivity index (χ0v) is 14.1. The largest absolute Gasteiger partial charge is 0.394 e. The predicted octanol–water partition coefficient (Wildman–Crippen LogP) is 2.02. The Balaban J connectivity index is 1.89.